The monoisotopic (exact) mass is 471 g/mol. The van der Waals surface area contributed by atoms with Crippen molar-refractivity contribution in [3.63, 3.8) is 0 Å². The van der Waals surface area contributed by atoms with Crippen LogP contribution in [-0.2, 0) is 24.1 Å². The van der Waals surface area contributed by atoms with Gasteiger partial charge < -0.3 is 25.1 Å². The number of Topliss-reactive ketones (excluding diaryl/α,β-unsaturated/α-hetero) is 1. The van der Waals surface area contributed by atoms with Gasteiger partial charge >= 0.3 is 0 Å². The average Bonchev–Trinajstić information content (AvgIpc) is 3.34. The molecule has 5 rings (SSSR count). The van der Waals surface area contributed by atoms with Gasteiger partial charge in [-0.1, -0.05) is 18.2 Å². The predicted molar refractivity (Wildman–Crippen MR) is 132 cm³/mol. The smallest absolute Gasteiger partial charge is 0.231 e. The minimum absolute atomic E-state index is 0.0200. The quantitative estimate of drug-likeness (QED) is 0.175. The first-order valence-electron chi connectivity index (χ1n) is 11.5. The maximum absolute atomic E-state index is 13.4. The van der Waals surface area contributed by atoms with Crippen LogP contribution < -0.4 is 19.8 Å². The molecule has 0 fully saturated rings. The lowest BCUT2D eigenvalue weighted by atomic mass is 9.92. The molecule has 0 bridgehead atoms. The van der Waals surface area contributed by atoms with E-state index in [4.69, 9.17) is 19.9 Å². The number of ether oxygens (including phenoxy) is 3. The van der Waals surface area contributed by atoms with E-state index in [0.29, 0.717) is 24.1 Å². The van der Waals surface area contributed by atoms with E-state index < -0.39 is 0 Å². The number of ketones is 1. The summed E-state index contributed by atoms with van der Waals surface area (Å²) in [4.78, 5) is 13.4. The van der Waals surface area contributed by atoms with Gasteiger partial charge in [0.1, 0.15) is 6.26 Å². The Bertz CT molecular complexity index is 1360. The van der Waals surface area contributed by atoms with Crippen molar-refractivity contribution >= 4 is 17.5 Å². The number of pyridine rings is 1. The number of aliphatic hydroxyl groups is 1. The number of aromatic nitrogens is 1. The fraction of sp³-hybridized carbons (Fsp3) is 0.214. The molecule has 0 spiro atoms. The lowest BCUT2D eigenvalue weighted by molar-refractivity contribution is -0.687. The molecule has 3 aromatic rings. The van der Waals surface area contributed by atoms with Gasteiger partial charge in [-0.2, -0.15) is 4.57 Å². The zero-order valence-electron chi connectivity index (χ0n) is 19.5. The lowest BCUT2D eigenvalue weighted by Gasteiger charge is -2.17. The molecule has 2 aromatic carbocycles. The lowest BCUT2D eigenvalue weighted by Crippen LogP contribution is -2.41. The Kier molecular flexibility index (Phi) is 6.14. The van der Waals surface area contributed by atoms with Crippen LogP contribution in [0, 0.1) is 0 Å². The summed E-state index contributed by atoms with van der Waals surface area (Å²) >= 11 is 0. The molecule has 178 valence electrons. The molecule has 0 saturated carbocycles. The Morgan fingerprint density at radius 1 is 1.20 bits per heavy atom. The largest absolute Gasteiger partial charge is 0.512 e. The minimum atomic E-state index is 0.0200. The maximum atomic E-state index is 13.4. The number of nitrogen functional groups attached to an aromatic ring is 1. The number of allylic oxidation sites excluding steroid dienone is 1. The summed E-state index contributed by atoms with van der Waals surface area (Å²) in [6.45, 7) is 0.969. The summed E-state index contributed by atoms with van der Waals surface area (Å²) in [5.41, 5.74) is 12.3. The van der Waals surface area contributed by atoms with Crippen molar-refractivity contribution in [2.45, 2.75) is 25.8 Å². The summed E-state index contributed by atoms with van der Waals surface area (Å²) in [7, 11) is 1.48. The Morgan fingerprint density at radius 3 is 2.77 bits per heavy atom. The van der Waals surface area contributed by atoms with E-state index in [-0.39, 0.29) is 18.3 Å². The van der Waals surface area contributed by atoms with E-state index in [1.807, 2.05) is 48.7 Å². The maximum Gasteiger partial charge on any atom is 0.231 e. The van der Waals surface area contributed by atoms with Crippen molar-refractivity contribution in [3.8, 4) is 22.8 Å². The highest BCUT2D eigenvalue weighted by molar-refractivity contribution is 5.99. The van der Waals surface area contributed by atoms with Gasteiger partial charge in [0.05, 0.1) is 18.2 Å². The van der Waals surface area contributed by atoms with Gasteiger partial charge in [0.25, 0.3) is 0 Å². The van der Waals surface area contributed by atoms with E-state index in [1.165, 1.54) is 12.7 Å². The highest BCUT2D eigenvalue weighted by Crippen LogP contribution is 2.40. The third-order valence-corrected chi connectivity index (χ3v) is 6.46. The summed E-state index contributed by atoms with van der Waals surface area (Å²) in [5, 5.41) is 9.38. The zero-order chi connectivity index (χ0) is 24.4. The number of para-hydroxylation sites is 1. The molecule has 35 heavy (non-hydrogen) atoms. The second-order valence-electron chi connectivity index (χ2n) is 8.52. The van der Waals surface area contributed by atoms with Gasteiger partial charge in [-0.3, -0.25) is 4.79 Å². The van der Waals surface area contributed by atoms with E-state index in [2.05, 4.69) is 4.57 Å². The predicted octanol–water partition coefficient (Wildman–Crippen LogP) is 4.38. The number of nitrogens with two attached hydrogens (primary N) is 1. The van der Waals surface area contributed by atoms with Crippen LogP contribution in [0.25, 0.3) is 17.3 Å². The fourth-order valence-electron chi connectivity index (χ4n) is 4.55. The molecule has 0 atom stereocenters. The van der Waals surface area contributed by atoms with Crippen LogP contribution in [0.1, 0.15) is 33.5 Å². The Balaban J connectivity index is 1.54. The minimum Gasteiger partial charge on any atom is -0.512 e. The summed E-state index contributed by atoms with van der Waals surface area (Å²) in [5.74, 6) is 1.79. The highest BCUT2D eigenvalue weighted by atomic mass is 16.7. The Hall–Kier alpha value is -4.26. The number of aryl methyl sites for hydroxylation is 3. The van der Waals surface area contributed by atoms with Crippen molar-refractivity contribution in [1.82, 2.24) is 0 Å². The first-order chi connectivity index (χ1) is 17.1. The number of methoxy groups -OCH3 is 1. The molecular formula is C28H27N2O5+. The third kappa shape index (κ3) is 4.45. The molecule has 0 aliphatic carbocycles. The van der Waals surface area contributed by atoms with Crippen LogP contribution in [-0.4, -0.2) is 24.8 Å². The van der Waals surface area contributed by atoms with Crippen molar-refractivity contribution < 1.29 is 28.7 Å². The van der Waals surface area contributed by atoms with Gasteiger partial charge in [-0.05, 0) is 53.5 Å². The Labute approximate surface area is 203 Å². The van der Waals surface area contributed by atoms with Gasteiger partial charge in [0.2, 0.25) is 12.5 Å². The van der Waals surface area contributed by atoms with Crippen molar-refractivity contribution in [3.05, 3.63) is 89.0 Å². The number of anilines is 1. The van der Waals surface area contributed by atoms with E-state index >= 15 is 0 Å². The fourth-order valence-corrected chi connectivity index (χ4v) is 4.55. The molecule has 3 N–H and O–H groups in total. The molecule has 2 aliphatic heterocycles. The van der Waals surface area contributed by atoms with E-state index in [0.717, 1.165) is 53.1 Å². The number of fused-ring (bicyclic) bond motifs is 4. The zero-order valence-corrected chi connectivity index (χ0v) is 19.5. The number of aliphatic hydroxyl groups excluding tert-OH is 1. The summed E-state index contributed by atoms with van der Waals surface area (Å²) in [6, 6.07) is 13.7. The highest BCUT2D eigenvalue weighted by Gasteiger charge is 2.29. The van der Waals surface area contributed by atoms with Gasteiger partial charge in [-0.15, -0.1) is 0 Å². The van der Waals surface area contributed by atoms with Crippen LogP contribution >= 0.6 is 0 Å². The van der Waals surface area contributed by atoms with E-state index in [9.17, 15) is 9.90 Å². The van der Waals surface area contributed by atoms with Gasteiger partial charge in [0.15, 0.2) is 35.8 Å². The first-order valence-corrected chi connectivity index (χ1v) is 11.5. The number of rotatable bonds is 7. The van der Waals surface area contributed by atoms with E-state index in [1.54, 1.807) is 12.2 Å². The third-order valence-electron chi connectivity index (χ3n) is 6.46. The number of nitrogens with zero attached hydrogens (tertiary/aromatic N) is 1. The van der Waals surface area contributed by atoms with Crippen LogP contribution in [0.3, 0.4) is 0 Å². The molecule has 0 amide bonds. The Morgan fingerprint density at radius 2 is 2.00 bits per heavy atom. The second kappa shape index (κ2) is 9.54. The standard InChI is InChI=1S/C28H26N2O5/c1-33-21(16-31)8-6-19-12-25-22-14-28-27(34-17-35-28)13-20(22)10-11-30(25)15-23(19)26(32)9-7-18-4-2-3-5-24(18)29/h2-6,8,12-16H,7,9-11,17,29H2,1H3/p+1. The van der Waals surface area contributed by atoms with Crippen LogP contribution in [0.5, 0.6) is 11.5 Å². The topological polar surface area (TPSA) is 94.9 Å². The van der Waals surface area contributed by atoms with Crippen molar-refractivity contribution in [2.24, 2.45) is 0 Å². The molecule has 0 radical (unpaired) electrons. The molecule has 0 unspecified atom stereocenters. The molecule has 7 nitrogen and oxygen atoms in total. The number of carbonyl (C=O) groups is 1. The molecule has 0 saturated heterocycles. The summed E-state index contributed by atoms with van der Waals surface area (Å²) < 4.78 is 18.4. The molecule has 3 heterocycles. The molecule has 7 heteroatoms. The van der Waals surface area contributed by atoms with Crippen LogP contribution in [0.4, 0.5) is 5.69 Å². The van der Waals surface area contributed by atoms with Crippen molar-refractivity contribution in [2.75, 3.05) is 19.6 Å². The van der Waals surface area contributed by atoms with Gasteiger partial charge in [0, 0.05) is 24.6 Å². The van der Waals surface area contributed by atoms with Crippen LogP contribution in [0.2, 0.25) is 0 Å². The normalized spacial score (nSPS) is 14.0. The number of hydrogen-bond acceptors (Lipinski definition) is 6. The van der Waals surface area contributed by atoms with Crippen LogP contribution in [0.15, 0.2) is 66.8 Å². The molecule has 1 aromatic heterocycles. The first kappa shape index (κ1) is 22.5. The van der Waals surface area contributed by atoms with Gasteiger partial charge in [-0.25, -0.2) is 0 Å². The average molecular weight is 472 g/mol. The SMILES string of the molecule is COC(/C=C\c1cc2[n+](cc1C(=O)CCc1ccccc1N)CCc1cc3c(cc1-2)OCO3)=C\O. The number of benzene rings is 2. The van der Waals surface area contributed by atoms with Crippen molar-refractivity contribution in [1.29, 1.82) is 0 Å². The molecular weight excluding hydrogens is 444 g/mol. The molecule has 2 aliphatic rings. The number of carbonyl (C=O) groups excluding carboxylic acids is 1. The summed E-state index contributed by atoms with van der Waals surface area (Å²) in [6.07, 6.45) is 7.96. The second-order valence-corrected chi connectivity index (χ2v) is 8.52. The number of hydrogen-bond donors (Lipinski definition) is 2.